The van der Waals surface area contributed by atoms with Crippen molar-refractivity contribution in [2.45, 2.75) is 50.8 Å². The lowest BCUT2D eigenvalue weighted by molar-refractivity contribution is -0.0134. The number of benzene rings is 2. The summed E-state index contributed by atoms with van der Waals surface area (Å²) in [4.78, 5) is 0. The second-order valence-electron chi connectivity index (χ2n) is 8.17. The molecular formula is C21H23FN2O2S. The highest BCUT2D eigenvalue weighted by molar-refractivity contribution is 7.80. The second kappa shape index (κ2) is 6.09. The molecule has 0 radical (unpaired) electrons. The van der Waals surface area contributed by atoms with Crippen LogP contribution in [-0.4, -0.2) is 21.5 Å². The molecule has 1 saturated heterocycles. The van der Waals surface area contributed by atoms with Gasteiger partial charge in [0.15, 0.2) is 10.8 Å². The van der Waals surface area contributed by atoms with E-state index in [4.69, 9.17) is 17.0 Å². The largest absolute Gasteiger partial charge is 0.508 e. The highest BCUT2D eigenvalue weighted by atomic mass is 32.1. The Morgan fingerprint density at radius 3 is 2.52 bits per heavy atom. The molecule has 1 fully saturated rings. The van der Waals surface area contributed by atoms with E-state index in [1.54, 1.807) is 6.07 Å². The van der Waals surface area contributed by atoms with Crippen molar-refractivity contribution in [3.05, 3.63) is 58.9 Å². The molecule has 3 N–H and O–H groups in total. The number of hydrogen-bond acceptors (Lipinski definition) is 3. The Morgan fingerprint density at radius 2 is 1.85 bits per heavy atom. The van der Waals surface area contributed by atoms with Crippen LogP contribution in [0.3, 0.4) is 0 Å². The summed E-state index contributed by atoms with van der Waals surface area (Å²) in [5.41, 5.74) is 1.76. The molecule has 2 aromatic rings. The van der Waals surface area contributed by atoms with Gasteiger partial charge < -0.3 is 20.5 Å². The molecule has 4 nitrogen and oxygen atoms in total. The number of thiocarbonyl (C=S) groups is 1. The zero-order chi connectivity index (χ0) is 19.4. The fraction of sp³-hybridized carbons (Fsp3) is 0.381. The van der Waals surface area contributed by atoms with Crippen molar-refractivity contribution in [1.29, 1.82) is 0 Å². The van der Waals surface area contributed by atoms with Crippen molar-refractivity contribution in [3.63, 3.8) is 0 Å². The minimum atomic E-state index is -0.698. The van der Waals surface area contributed by atoms with Crippen LogP contribution in [0.4, 0.5) is 4.39 Å². The maximum absolute atomic E-state index is 13.5. The van der Waals surface area contributed by atoms with Crippen LogP contribution in [0.25, 0.3) is 0 Å². The molecule has 6 heteroatoms. The van der Waals surface area contributed by atoms with Crippen LogP contribution in [-0.2, 0) is 0 Å². The van der Waals surface area contributed by atoms with Crippen LogP contribution in [0.2, 0.25) is 0 Å². The van der Waals surface area contributed by atoms with E-state index >= 15 is 0 Å². The monoisotopic (exact) mass is 386 g/mol. The van der Waals surface area contributed by atoms with Crippen molar-refractivity contribution < 1.29 is 14.2 Å². The number of rotatable bonds is 1. The topological polar surface area (TPSA) is 53.5 Å². The summed E-state index contributed by atoms with van der Waals surface area (Å²) in [5.74, 6) is 0.603. The van der Waals surface area contributed by atoms with Gasteiger partial charge in [-0.2, -0.15) is 0 Å². The summed E-state index contributed by atoms with van der Waals surface area (Å²) in [6.45, 7) is 6.02. The first kappa shape index (κ1) is 18.0. The van der Waals surface area contributed by atoms with E-state index in [-0.39, 0.29) is 23.0 Å². The van der Waals surface area contributed by atoms with Gasteiger partial charge in [0.1, 0.15) is 17.3 Å². The lowest BCUT2D eigenvalue weighted by Gasteiger charge is -2.51. The van der Waals surface area contributed by atoms with Crippen LogP contribution in [0.5, 0.6) is 11.5 Å². The smallest absolute Gasteiger partial charge is 0.185 e. The number of halogens is 1. The van der Waals surface area contributed by atoms with E-state index in [0.29, 0.717) is 29.3 Å². The zero-order valence-electron chi connectivity index (χ0n) is 15.6. The third kappa shape index (κ3) is 3.23. The first-order valence-corrected chi connectivity index (χ1v) is 9.46. The average Bonchev–Trinajstić information content (AvgIpc) is 2.57. The predicted molar refractivity (Wildman–Crippen MR) is 107 cm³/mol. The SMILES string of the molecule is Cc1c(O)ccc2c1O[C@@]1(C[C@H]2c2ccc(F)cc2)CC(C)(C)NC(=S)N1. The molecule has 0 bridgehead atoms. The van der Waals surface area contributed by atoms with Crippen LogP contribution in [0, 0.1) is 12.7 Å². The predicted octanol–water partition coefficient (Wildman–Crippen LogP) is 4.10. The molecular weight excluding hydrogens is 363 g/mol. The molecule has 0 saturated carbocycles. The minimum Gasteiger partial charge on any atom is -0.508 e. The zero-order valence-corrected chi connectivity index (χ0v) is 16.4. The van der Waals surface area contributed by atoms with Crippen molar-refractivity contribution in [2.24, 2.45) is 0 Å². The van der Waals surface area contributed by atoms with E-state index in [1.807, 2.05) is 25.1 Å². The van der Waals surface area contributed by atoms with Gasteiger partial charge in [-0.3, -0.25) is 0 Å². The molecule has 2 atom stereocenters. The van der Waals surface area contributed by atoms with Gasteiger partial charge in [0.05, 0.1) is 0 Å². The molecule has 0 unspecified atom stereocenters. The average molecular weight is 386 g/mol. The van der Waals surface area contributed by atoms with Crippen LogP contribution in [0.15, 0.2) is 36.4 Å². The van der Waals surface area contributed by atoms with Crippen molar-refractivity contribution in [2.75, 3.05) is 0 Å². The highest BCUT2D eigenvalue weighted by Gasteiger charge is 2.49. The van der Waals surface area contributed by atoms with Crippen LogP contribution < -0.4 is 15.4 Å². The summed E-state index contributed by atoms with van der Waals surface area (Å²) >= 11 is 5.44. The molecule has 0 amide bonds. The molecule has 4 rings (SSSR count). The van der Waals surface area contributed by atoms with Crippen molar-refractivity contribution in [3.8, 4) is 11.5 Å². The van der Waals surface area contributed by atoms with Gasteiger partial charge in [-0.15, -0.1) is 0 Å². The molecule has 27 heavy (non-hydrogen) atoms. The van der Waals surface area contributed by atoms with Gasteiger partial charge in [-0.05, 0) is 56.8 Å². The van der Waals surface area contributed by atoms with E-state index in [9.17, 15) is 9.50 Å². The van der Waals surface area contributed by atoms with Crippen LogP contribution in [0.1, 0.15) is 49.3 Å². The quantitative estimate of drug-likeness (QED) is 0.645. The van der Waals surface area contributed by atoms with Gasteiger partial charge in [0, 0.05) is 35.4 Å². The van der Waals surface area contributed by atoms with Gasteiger partial charge in [0.25, 0.3) is 0 Å². The van der Waals surface area contributed by atoms with Crippen molar-refractivity contribution >= 4 is 17.3 Å². The highest BCUT2D eigenvalue weighted by Crippen LogP contribution is 2.49. The third-order valence-electron chi connectivity index (χ3n) is 5.41. The Hall–Kier alpha value is -2.34. The van der Waals surface area contributed by atoms with Gasteiger partial charge in [-0.1, -0.05) is 18.2 Å². The maximum atomic E-state index is 13.5. The Kier molecular flexibility index (Phi) is 4.07. The summed E-state index contributed by atoms with van der Waals surface area (Å²) in [6.07, 6.45) is 1.34. The lowest BCUT2D eigenvalue weighted by Crippen LogP contribution is -2.69. The Balaban J connectivity index is 1.86. The number of phenolic OH excluding ortho intramolecular Hbond substituents is 1. The molecule has 2 aliphatic rings. The Morgan fingerprint density at radius 1 is 1.15 bits per heavy atom. The fourth-order valence-corrected chi connectivity index (χ4v) is 4.78. The van der Waals surface area contributed by atoms with Gasteiger partial charge in [0.2, 0.25) is 0 Å². The number of phenols is 1. The lowest BCUT2D eigenvalue weighted by atomic mass is 9.77. The Labute approximate surface area is 163 Å². The van der Waals surface area contributed by atoms with Crippen LogP contribution >= 0.6 is 12.2 Å². The number of ether oxygens (including phenoxy) is 1. The van der Waals surface area contributed by atoms with Gasteiger partial charge in [-0.25, -0.2) is 4.39 Å². The summed E-state index contributed by atoms with van der Waals surface area (Å²) < 4.78 is 20.0. The molecule has 2 aliphatic heterocycles. The molecule has 142 valence electrons. The summed E-state index contributed by atoms with van der Waals surface area (Å²) in [6, 6.07) is 10.2. The number of aromatic hydroxyl groups is 1. The number of fused-ring (bicyclic) bond motifs is 1. The fourth-order valence-electron chi connectivity index (χ4n) is 4.31. The minimum absolute atomic E-state index is 0.00199. The molecule has 1 spiro atoms. The van der Waals surface area contributed by atoms with Gasteiger partial charge >= 0.3 is 0 Å². The molecule has 0 aromatic heterocycles. The van der Waals surface area contributed by atoms with E-state index < -0.39 is 5.72 Å². The maximum Gasteiger partial charge on any atom is 0.185 e. The second-order valence-corrected chi connectivity index (χ2v) is 8.58. The summed E-state index contributed by atoms with van der Waals surface area (Å²) in [7, 11) is 0. The van der Waals surface area contributed by atoms with Crippen molar-refractivity contribution in [1.82, 2.24) is 10.6 Å². The number of nitrogens with one attached hydrogen (secondary N) is 2. The first-order chi connectivity index (χ1) is 12.7. The van der Waals surface area contributed by atoms with E-state index in [2.05, 4.69) is 24.5 Å². The third-order valence-corrected chi connectivity index (χ3v) is 5.61. The molecule has 2 aromatic carbocycles. The Bertz CT molecular complexity index is 913. The molecule has 2 heterocycles. The first-order valence-electron chi connectivity index (χ1n) is 9.05. The number of hydrogen-bond donors (Lipinski definition) is 3. The standard InChI is InChI=1S/C21H23FN2O2S/c1-12-17(25)9-8-15-16(13-4-6-14(22)7-5-13)10-21(26-18(12)15)11-20(2,3)23-19(27)24-21/h4-9,16,25H,10-11H2,1-3H3,(H2,23,24,27)/t16-,21-/m0/s1. The summed E-state index contributed by atoms with van der Waals surface area (Å²) in [5, 5.41) is 17.4. The van der Waals surface area contributed by atoms with E-state index in [1.165, 1.54) is 12.1 Å². The van der Waals surface area contributed by atoms with E-state index in [0.717, 1.165) is 11.1 Å². The normalized spacial score (nSPS) is 25.9. The molecule has 0 aliphatic carbocycles.